The molecule has 0 aliphatic rings. The summed E-state index contributed by atoms with van der Waals surface area (Å²) in [5, 5.41) is 23.4. The van der Waals surface area contributed by atoms with Crippen LogP contribution in [0.25, 0.3) is 0 Å². The molecular weight excluding hydrogens is 282 g/mol. The lowest BCUT2D eigenvalue weighted by Crippen LogP contribution is -1.99. The Morgan fingerprint density at radius 2 is 2.16 bits per heavy atom. The van der Waals surface area contributed by atoms with Crippen molar-refractivity contribution in [3.05, 3.63) is 33.8 Å². The fourth-order valence-corrected chi connectivity index (χ4v) is 2.77. The Bertz CT molecular complexity index is 557. The summed E-state index contributed by atoms with van der Waals surface area (Å²) in [6.07, 6.45) is 0.932. The molecule has 6 heteroatoms. The number of phenols is 1. The van der Waals surface area contributed by atoms with E-state index in [2.05, 4.69) is 29.4 Å². The summed E-state index contributed by atoms with van der Waals surface area (Å²) >= 11 is 7.44. The van der Waals surface area contributed by atoms with E-state index < -0.39 is 0 Å². The van der Waals surface area contributed by atoms with E-state index in [1.54, 1.807) is 29.5 Å². The summed E-state index contributed by atoms with van der Waals surface area (Å²) in [4.78, 5) is 0. The van der Waals surface area contributed by atoms with Crippen molar-refractivity contribution in [1.29, 1.82) is 0 Å². The molecular formula is C13H16ClN3OS. The predicted molar refractivity (Wildman–Crippen MR) is 78.9 cm³/mol. The first-order valence-electron chi connectivity index (χ1n) is 6.08. The Labute approximate surface area is 121 Å². The highest BCUT2D eigenvalue weighted by Gasteiger charge is 2.07. The molecule has 0 bridgehead atoms. The van der Waals surface area contributed by atoms with Gasteiger partial charge in [-0.25, -0.2) is 0 Å². The third-order valence-corrected chi connectivity index (χ3v) is 3.66. The minimum Gasteiger partial charge on any atom is -0.508 e. The van der Waals surface area contributed by atoms with Crippen LogP contribution < -0.4 is 5.32 Å². The second kappa shape index (κ2) is 6.21. The van der Waals surface area contributed by atoms with Crippen molar-refractivity contribution < 1.29 is 5.11 Å². The van der Waals surface area contributed by atoms with E-state index in [0.29, 0.717) is 17.5 Å². The standard InChI is InChI=1S/C13H16ClN3OS/c1-8(2)5-12-16-17-13(19-12)15-7-9-6-10(14)3-4-11(9)18/h3-4,6,8,18H,5,7H2,1-2H3,(H,15,17). The summed E-state index contributed by atoms with van der Waals surface area (Å²) in [7, 11) is 0. The number of rotatable bonds is 5. The van der Waals surface area contributed by atoms with Gasteiger partial charge in [0, 0.05) is 23.6 Å². The average Bonchev–Trinajstić information content (AvgIpc) is 2.77. The molecule has 0 spiro atoms. The monoisotopic (exact) mass is 297 g/mol. The van der Waals surface area contributed by atoms with Gasteiger partial charge in [-0.3, -0.25) is 0 Å². The lowest BCUT2D eigenvalue weighted by molar-refractivity contribution is 0.469. The van der Waals surface area contributed by atoms with Crippen LogP contribution in [0, 0.1) is 5.92 Å². The highest BCUT2D eigenvalue weighted by atomic mass is 35.5. The smallest absolute Gasteiger partial charge is 0.205 e. The number of phenolic OH excluding ortho intramolecular Hbond substituents is 1. The van der Waals surface area contributed by atoms with Gasteiger partial charge in [-0.05, 0) is 24.1 Å². The topological polar surface area (TPSA) is 58.0 Å². The minimum absolute atomic E-state index is 0.226. The van der Waals surface area contributed by atoms with Crippen LogP contribution in [0.3, 0.4) is 0 Å². The van der Waals surface area contributed by atoms with Gasteiger partial charge >= 0.3 is 0 Å². The molecule has 0 amide bonds. The molecule has 0 aliphatic carbocycles. The second-order valence-corrected chi connectivity index (χ2v) is 6.22. The Morgan fingerprint density at radius 3 is 2.89 bits per heavy atom. The number of hydrogen-bond donors (Lipinski definition) is 2. The normalized spacial score (nSPS) is 10.9. The van der Waals surface area contributed by atoms with E-state index in [1.165, 1.54) is 0 Å². The summed E-state index contributed by atoms with van der Waals surface area (Å²) in [6, 6.07) is 4.98. The largest absolute Gasteiger partial charge is 0.508 e. The molecule has 1 aromatic carbocycles. The zero-order chi connectivity index (χ0) is 13.8. The van der Waals surface area contributed by atoms with Gasteiger partial charge in [-0.1, -0.05) is 36.8 Å². The molecule has 0 atom stereocenters. The number of aromatic nitrogens is 2. The molecule has 0 aliphatic heterocycles. The molecule has 2 N–H and O–H groups in total. The summed E-state index contributed by atoms with van der Waals surface area (Å²) in [6.45, 7) is 4.78. The van der Waals surface area contributed by atoms with Crippen LogP contribution in [0.15, 0.2) is 18.2 Å². The van der Waals surface area contributed by atoms with Crippen LogP contribution in [0.2, 0.25) is 5.02 Å². The highest BCUT2D eigenvalue weighted by Crippen LogP contribution is 2.24. The van der Waals surface area contributed by atoms with Crippen LogP contribution in [0.5, 0.6) is 5.75 Å². The van der Waals surface area contributed by atoms with E-state index >= 15 is 0 Å². The zero-order valence-corrected chi connectivity index (χ0v) is 12.4. The van der Waals surface area contributed by atoms with Crippen LogP contribution in [-0.4, -0.2) is 15.3 Å². The Morgan fingerprint density at radius 1 is 1.37 bits per heavy atom. The molecule has 1 aromatic heterocycles. The number of anilines is 1. The van der Waals surface area contributed by atoms with E-state index in [9.17, 15) is 5.11 Å². The molecule has 2 aromatic rings. The molecule has 0 saturated heterocycles. The molecule has 0 saturated carbocycles. The van der Waals surface area contributed by atoms with E-state index in [-0.39, 0.29) is 5.75 Å². The summed E-state index contributed by atoms with van der Waals surface area (Å²) in [5.41, 5.74) is 0.744. The zero-order valence-electron chi connectivity index (χ0n) is 10.9. The number of nitrogens with zero attached hydrogens (tertiary/aromatic N) is 2. The Kier molecular flexibility index (Phi) is 4.61. The molecule has 102 valence electrons. The lowest BCUT2D eigenvalue weighted by Gasteiger charge is -2.05. The van der Waals surface area contributed by atoms with Crippen LogP contribution in [0.1, 0.15) is 24.4 Å². The first-order valence-corrected chi connectivity index (χ1v) is 7.27. The fourth-order valence-electron chi connectivity index (χ4n) is 1.62. The van der Waals surface area contributed by atoms with Crippen molar-refractivity contribution in [2.45, 2.75) is 26.8 Å². The van der Waals surface area contributed by atoms with Crippen molar-refractivity contribution >= 4 is 28.1 Å². The van der Waals surface area contributed by atoms with E-state index in [0.717, 1.165) is 22.1 Å². The Balaban J connectivity index is 1.98. The van der Waals surface area contributed by atoms with Gasteiger partial charge in [0.2, 0.25) is 5.13 Å². The van der Waals surface area contributed by atoms with Crippen molar-refractivity contribution in [3.63, 3.8) is 0 Å². The third-order valence-electron chi connectivity index (χ3n) is 2.52. The molecule has 19 heavy (non-hydrogen) atoms. The van der Waals surface area contributed by atoms with Crippen LogP contribution >= 0.6 is 22.9 Å². The average molecular weight is 298 g/mol. The van der Waals surface area contributed by atoms with Gasteiger partial charge in [-0.2, -0.15) is 0 Å². The number of benzene rings is 1. The predicted octanol–water partition coefficient (Wildman–Crippen LogP) is 3.71. The minimum atomic E-state index is 0.226. The maximum atomic E-state index is 9.71. The third kappa shape index (κ3) is 4.08. The quantitative estimate of drug-likeness (QED) is 0.883. The second-order valence-electron chi connectivity index (χ2n) is 4.73. The van der Waals surface area contributed by atoms with Gasteiger partial charge in [0.1, 0.15) is 10.8 Å². The maximum absolute atomic E-state index is 9.71. The van der Waals surface area contributed by atoms with Crippen molar-refractivity contribution in [1.82, 2.24) is 10.2 Å². The molecule has 4 nitrogen and oxygen atoms in total. The first-order chi connectivity index (χ1) is 9.04. The van der Waals surface area contributed by atoms with E-state index in [4.69, 9.17) is 11.6 Å². The van der Waals surface area contributed by atoms with Crippen molar-refractivity contribution in [2.24, 2.45) is 5.92 Å². The summed E-state index contributed by atoms with van der Waals surface area (Å²) < 4.78 is 0. The van der Waals surface area contributed by atoms with E-state index in [1.807, 2.05) is 0 Å². The van der Waals surface area contributed by atoms with Crippen LogP contribution in [0.4, 0.5) is 5.13 Å². The van der Waals surface area contributed by atoms with Gasteiger partial charge in [-0.15, -0.1) is 10.2 Å². The number of aromatic hydroxyl groups is 1. The number of halogens is 1. The highest BCUT2D eigenvalue weighted by molar-refractivity contribution is 7.15. The molecule has 0 fully saturated rings. The Hall–Kier alpha value is -1.33. The SMILES string of the molecule is CC(C)Cc1nnc(NCc2cc(Cl)ccc2O)s1. The van der Waals surface area contributed by atoms with Gasteiger partial charge in [0.05, 0.1) is 0 Å². The van der Waals surface area contributed by atoms with Gasteiger partial charge < -0.3 is 10.4 Å². The van der Waals surface area contributed by atoms with Crippen molar-refractivity contribution in [3.8, 4) is 5.75 Å². The first kappa shape index (κ1) is 14.1. The number of nitrogens with one attached hydrogen (secondary N) is 1. The molecule has 0 radical (unpaired) electrons. The van der Waals surface area contributed by atoms with Gasteiger partial charge in [0.25, 0.3) is 0 Å². The van der Waals surface area contributed by atoms with Crippen molar-refractivity contribution in [2.75, 3.05) is 5.32 Å². The maximum Gasteiger partial charge on any atom is 0.205 e. The lowest BCUT2D eigenvalue weighted by atomic mass is 10.1. The van der Waals surface area contributed by atoms with Gasteiger partial charge in [0.15, 0.2) is 0 Å². The molecule has 2 rings (SSSR count). The number of hydrogen-bond acceptors (Lipinski definition) is 5. The molecule has 0 unspecified atom stereocenters. The van der Waals surface area contributed by atoms with Crippen LogP contribution in [-0.2, 0) is 13.0 Å². The molecule has 1 heterocycles. The fraction of sp³-hybridized carbons (Fsp3) is 0.385. The summed E-state index contributed by atoms with van der Waals surface area (Å²) in [5.74, 6) is 0.793.